The molecule has 2 N–H and O–H groups in total. The average Bonchev–Trinajstić information content (AvgIpc) is 3.11. The van der Waals surface area contributed by atoms with Crippen LogP contribution in [0.5, 0.6) is 0 Å². The van der Waals surface area contributed by atoms with E-state index in [9.17, 15) is 9.59 Å². The Hall–Kier alpha value is -3.99. The van der Waals surface area contributed by atoms with Gasteiger partial charge in [-0.1, -0.05) is 60.7 Å². The van der Waals surface area contributed by atoms with Crippen molar-refractivity contribution in [1.82, 2.24) is 9.78 Å². The maximum Gasteiger partial charge on any atom is 0.278 e. The van der Waals surface area contributed by atoms with E-state index < -0.39 is 5.91 Å². The summed E-state index contributed by atoms with van der Waals surface area (Å²) in [7, 11) is 0. The molecular weight excluding hydrogens is 350 g/mol. The van der Waals surface area contributed by atoms with Crippen molar-refractivity contribution in [2.75, 3.05) is 0 Å². The summed E-state index contributed by atoms with van der Waals surface area (Å²) in [4.78, 5) is 24.5. The predicted octanol–water partition coefficient (Wildman–Crippen LogP) is 3.99. The van der Waals surface area contributed by atoms with E-state index in [-0.39, 0.29) is 11.5 Å². The van der Waals surface area contributed by atoms with Crippen LogP contribution >= 0.6 is 0 Å². The molecule has 0 radical (unpaired) electrons. The highest BCUT2D eigenvalue weighted by molar-refractivity contribution is 6.04. The summed E-state index contributed by atoms with van der Waals surface area (Å²) in [5, 5.41) is 5.39. The zero-order valence-corrected chi connectivity index (χ0v) is 14.9. The van der Waals surface area contributed by atoms with Gasteiger partial charge in [-0.15, -0.1) is 0 Å². The molecule has 0 aliphatic heterocycles. The highest BCUT2D eigenvalue weighted by Gasteiger charge is 2.16. The fourth-order valence-corrected chi connectivity index (χ4v) is 3.04. The van der Waals surface area contributed by atoms with Crippen LogP contribution in [0.4, 0.5) is 0 Å². The SMILES string of the molecule is NC(=O)c1cccc(C(=O)n2nc(C=Cc3ccccc3)c3ccccc32)c1. The van der Waals surface area contributed by atoms with Crippen molar-refractivity contribution in [3.05, 3.63) is 101 Å². The van der Waals surface area contributed by atoms with Crippen LogP contribution in [0.1, 0.15) is 32.0 Å². The van der Waals surface area contributed by atoms with Crippen molar-refractivity contribution in [3.8, 4) is 0 Å². The molecule has 0 aliphatic rings. The number of nitrogens with zero attached hydrogens (tertiary/aromatic N) is 2. The van der Waals surface area contributed by atoms with E-state index in [1.807, 2.05) is 66.7 Å². The zero-order chi connectivity index (χ0) is 19.5. The number of fused-ring (bicyclic) bond motifs is 1. The Bertz CT molecular complexity index is 1210. The molecule has 4 rings (SSSR count). The molecule has 5 heteroatoms. The van der Waals surface area contributed by atoms with Gasteiger partial charge in [0.15, 0.2) is 0 Å². The lowest BCUT2D eigenvalue weighted by molar-refractivity contribution is 0.0950. The normalized spacial score (nSPS) is 11.1. The molecule has 0 spiro atoms. The highest BCUT2D eigenvalue weighted by atomic mass is 16.2. The number of benzene rings is 3. The zero-order valence-electron chi connectivity index (χ0n) is 14.9. The monoisotopic (exact) mass is 367 g/mol. The first-order valence-corrected chi connectivity index (χ1v) is 8.79. The lowest BCUT2D eigenvalue weighted by Crippen LogP contribution is -2.16. The second-order valence-corrected chi connectivity index (χ2v) is 6.31. The number of rotatable bonds is 4. The number of para-hydroxylation sites is 1. The third-order valence-electron chi connectivity index (χ3n) is 4.44. The van der Waals surface area contributed by atoms with Crippen LogP contribution in [0.2, 0.25) is 0 Å². The van der Waals surface area contributed by atoms with Crippen molar-refractivity contribution in [1.29, 1.82) is 0 Å². The number of carbonyl (C=O) groups excluding carboxylic acids is 2. The van der Waals surface area contributed by atoms with E-state index in [1.54, 1.807) is 18.2 Å². The van der Waals surface area contributed by atoms with Gasteiger partial charge in [0.05, 0.1) is 11.2 Å². The van der Waals surface area contributed by atoms with E-state index in [0.717, 1.165) is 10.9 Å². The Morgan fingerprint density at radius 1 is 0.821 bits per heavy atom. The van der Waals surface area contributed by atoms with Gasteiger partial charge in [-0.2, -0.15) is 9.78 Å². The summed E-state index contributed by atoms with van der Waals surface area (Å²) in [6.07, 6.45) is 3.85. The standard InChI is InChI=1S/C23H17N3O2/c24-22(27)17-9-6-10-18(15-17)23(28)26-21-12-5-4-11-19(21)20(25-26)14-13-16-7-2-1-3-8-16/h1-15H,(H2,24,27). The molecule has 5 nitrogen and oxygen atoms in total. The summed E-state index contributed by atoms with van der Waals surface area (Å²) in [5.41, 5.74) is 8.40. The van der Waals surface area contributed by atoms with E-state index in [1.165, 1.54) is 10.7 Å². The Morgan fingerprint density at radius 2 is 1.54 bits per heavy atom. The Labute approximate surface area is 161 Å². The second-order valence-electron chi connectivity index (χ2n) is 6.31. The van der Waals surface area contributed by atoms with E-state index in [0.29, 0.717) is 16.8 Å². The molecule has 0 bridgehead atoms. The first-order valence-electron chi connectivity index (χ1n) is 8.79. The quantitative estimate of drug-likeness (QED) is 0.592. The molecular formula is C23H17N3O2. The van der Waals surface area contributed by atoms with Crippen molar-refractivity contribution >= 4 is 34.9 Å². The molecule has 28 heavy (non-hydrogen) atoms. The molecule has 0 saturated heterocycles. The van der Waals surface area contributed by atoms with Gasteiger partial charge < -0.3 is 5.73 Å². The van der Waals surface area contributed by atoms with E-state index in [2.05, 4.69) is 5.10 Å². The summed E-state index contributed by atoms with van der Waals surface area (Å²) >= 11 is 0. The highest BCUT2D eigenvalue weighted by Crippen LogP contribution is 2.22. The topological polar surface area (TPSA) is 78.0 Å². The molecule has 0 atom stereocenters. The maximum atomic E-state index is 13.0. The Morgan fingerprint density at radius 3 is 2.32 bits per heavy atom. The summed E-state index contributed by atoms with van der Waals surface area (Å²) < 4.78 is 1.36. The van der Waals surface area contributed by atoms with Crippen molar-refractivity contribution in [2.24, 2.45) is 5.73 Å². The van der Waals surface area contributed by atoms with Crippen molar-refractivity contribution < 1.29 is 9.59 Å². The average molecular weight is 367 g/mol. The molecule has 0 unspecified atom stereocenters. The number of amides is 1. The molecule has 0 aliphatic carbocycles. The summed E-state index contributed by atoms with van der Waals surface area (Å²) in [6.45, 7) is 0. The van der Waals surface area contributed by atoms with Gasteiger partial charge in [-0.05, 0) is 35.9 Å². The molecule has 4 aromatic rings. The fourth-order valence-electron chi connectivity index (χ4n) is 3.04. The number of hydrogen-bond acceptors (Lipinski definition) is 3. The summed E-state index contributed by atoms with van der Waals surface area (Å²) in [6, 6.07) is 23.8. The first-order chi connectivity index (χ1) is 13.6. The minimum absolute atomic E-state index is 0.284. The molecule has 136 valence electrons. The molecule has 1 heterocycles. The maximum absolute atomic E-state index is 13.0. The van der Waals surface area contributed by atoms with Crippen molar-refractivity contribution in [3.63, 3.8) is 0 Å². The lowest BCUT2D eigenvalue weighted by Gasteiger charge is -2.04. The minimum atomic E-state index is -0.577. The van der Waals surface area contributed by atoms with Gasteiger partial charge in [-0.3, -0.25) is 9.59 Å². The predicted molar refractivity (Wildman–Crippen MR) is 110 cm³/mol. The Balaban J connectivity index is 1.78. The molecule has 1 aromatic heterocycles. The fraction of sp³-hybridized carbons (Fsp3) is 0. The third kappa shape index (κ3) is 3.33. The van der Waals surface area contributed by atoms with Gasteiger partial charge in [-0.25, -0.2) is 0 Å². The second kappa shape index (κ2) is 7.32. The van der Waals surface area contributed by atoms with Crippen molar-refractivity contribution in [2.45, 2.75) is 0 Å². The van der Waals surface area contributed by atoms with Gasteiger partial charge in [0.2, 0.25) is 5.91 Å². The van der Waals surface area contributed by atoms with E-state index in [4.69, 9.17) is 5.73 Å². The van der Waals surface area contributed by atoms with Crippen LogP contribution in [0.3, 0.4) is 0 Å². The molecule has 0 saturated carbocycles. The van der Waals surface area contributed by atoms with Crippen LogP contribution in [-0.4, -0.2) is 21.6 Å². The number of carbonyl (C=O) groups is 2. The number of aromatic nitrogens is 2. The smallest absolute Gasteiger partial charge is 0.278 e. The minimum Gasteiger partial charge on any atom is -0.366 e. The van der Waals surface area contributed by atoms with Gasteiger partial charge in [0.1, 0.15) is 0 Å². The van der Waals surface area contributed by atoms with Gasteiger partial charge in [0, 0.05) is 16.5 Å². The van der Waals surface area contributed by atoms with Crippen LogP contribution in [0.15, 0.2) is 78.9 Å². The van der Waals surface area contributed by atoms with Crippen LogP contribution in [0, 0.1) is 0 Å². The third-order valence-corrected chi connectivity index (χ3v) is 4.44. The van der Waals surface area contributed by atoms with Crippen LogP contribution in [0.25, 0.3) is 23.1 Å². The van der Waals surface area contributed by atoms with Crippen LogP contribution in [-0.2, 0) is 0 Å². The van der Waals surface area contributed by atoms with E-state index >= 15 is 0 Å². The molecule has 0 fully saturated rings. The largest absolute Gasteiger partial charge is 0.366 e. The lowest BCUT2D eigenvalue weighted by atomic mass is 10.1. The summed E-state index contributed by atoms with van der Waals surface area (Å²) in [5.74, 6) is -0.898. The van der Waals surface area contributed by atoms with Gasteiger partial charge in [0.25, 0.3) is 5.91 Å². The molecule has 1 amide bonds. The van der Waals surface area contributed by atoms with Crippen LogP contribution < -0.4 is 5.73 Å². The number of nitrogens with two attached hydrogens (primary N) is 1. The van der Waals surface area contributed by atoms with Gasteiger partial charge >= 0.3 is 0 Å². The first kappa shape index (κ1) is 17.4. The molecule has 3 aromatic carbocycles. The Kier molecular flexibility index (Phi) is 4.56. The number of hydrogen-bond donors (Lipinski definition) is 1. The number of primary amides is 1.